The Morgan fingerprint density at radius 2 is 1.71 bits per heavy atom. The lowest BCUT2D eigenvalue weighted by molar-refractivity contribution is 0.895. The van der Waals surface area contributed by atoms with Crippen molar-refractivity contribution in [3.8, 4) is 0 Å². The van der Waals surface area contributed by atoms with Gasteiger partial charge in [0, 0.05) is 9.37 Å². The van der Waals surface area contributed by atoms with Crippen molar-refractivity contribution in [1.29, 1.82) is 0 Å². The fourth-order valence-corrected chi connectivity index (χ4v) is 3.68. The minimum Gasteiger partial charge on any atom is -0.130 e. The zero-order valence-corrected chi connectivity index (χ0v) is 15.7. The molecule has 0 saturated carbocycles. The molecule has 112 valence electrons. The second kappa shape index (κ2) is 7.51. The first-order valence-corrected chi connectivity index (χ1v) is 9.49. The maximum Gasteiger partial charge on any atom is 0.0210 e. The Labute approximate surface area is 141 Å². The third kappa shape index (κ3) is 3.92. The Bertz CT molecular complexity index is 614. The summed E-state index contributed by atoms with van der Waals surface area (Å²) < 4.78 is 1.24. The molecule has 2 aromatic rings. The highest BCUT2D eigenvalue weighted by atomic mass is 79.9. The molecule has 0 heterocycles. The van der Waals surface area contributed by atoms with E-state index in [1.54, 1.807) is 11.8 Å². The van der Waals surface area contributed by atoms with E-state index in [4.69, 9.17) is 0 Å². The molecular weight excluding hydrogens is 340 g/mol. The van der Waals surface area contributed by atoms with Crippen molar-refractivity contribution in [1.82, 2.24) is 0 Å². The summed E-state index contributed by atoms with van der Waals surface area (Å²) in [7, 11) is 0. The summed E-state index contributed by atoms with van der Waals surface area (Å²) in [4.78, 5) is 1.33. The first-order valence-electron chi connectivity index (χ1n) is 7.47. The lowest BCUT2D eigenvalue weighted by Gasteiger charge is -2.16. The Hall–Kier alpha value is -0.730. The topological polar surface area (TPSA) is 0 Å². The zero-order valence-electron chi connectivity index (χ0n) is 13.3. The van der Waals surface area contributed by atoms with Gasteiger partial charge in [-0.3, -0.25) is 0 Å². The molecule has 0 N–H and O–H groups in total. The summed E-state index contributed by atoms with van der Waals surface area (Å²) in [6.07, 6.45) is 5.48. The van der Waals surface area contributed by atoms with Crippen molar-refractivity contribution in [3.05, 3.63) is 62.6 Å². The third-order valence-electron chi connectivity index (χ3n) is 4.10. The van der Waals surface area contributed by atoms with Crippen LogP contribution < -0.4 is 0 Å². The standard InChI is InChI=1S/C19H23BrS/c1-5-6-18-13(2)16(12-19(20)14(18)3)11-15-7-9-17(21-4)10-8-15/h7-10,12H,5-6,11H2,1-4H3. The second-order valence-electron chi connectivity index (χ2n) is 5.52. The van der Waals surface area contributed by atoms with Gasteiger partial charge in [0.25, 0.3) is 0 Å². The molecule has 2 heteroatoms. The minimum atomic E-state index is 1.01. The summed E-state index contributed by atoms with van der Waals surface area (Å²) in [5, 5.41) is 0. The summed E-state index contributed by atoms with van der Waals surface area (Å²) in [5.74, 6) is 0. The second-order valence-corrected chi connectivity index (χ2v) is 7.25. The van der Waals surface area contributed by atoms with Gasteiger partial charge in [0.05, 0.1) is 0 Å². The fraction of sp³-hybridized carbons (Fsp3) is 0.368. The predicted molar refractivity (Wildman–Crippen MR) is 98.6 cm³/mol. The average Bonchev–Trinajstić information content (AvgIpc) is 2.50. The Morgan fingerprint density at radius 1 is 1.05 bits per heavy atom. The first kappa shape index (κ1) is 16.6. The predicted octanol–water partition coefficient (Wildman–Crippen LogP) is 6.33. The van der Waals surface area contributed by atoms with E-state index in [-0.39, 0.29) is 0 Å². The summed E-state index contributed by atoms with van der Waals surface area (Å²) in [5.41, 5.74) is 7.20. The van der Waals surface area contributed by atoms with Gasteiger partial charge in [0.1, 0.15) is 0 Å². The van der Waals surface area contributed by atoms with E-state index in [0.29, 0.717) is 0 Å². The van der Waals surface area contributed by atoms with Crippen molar-refractivity contribution in [3.63, 3.8) is 0 Å². The molecule has 0 aromatic heterocycles. The molecule has 0 unspecified atom stereocenters. The van der Waals surface area contributed by atoms with Crippen molar-refractivity contribution in [2.75, 3.05) is 6.26 Å². The number of rotatable bonds is 5. The Kier molecular flexibility index (Phi) is 5.95. The molecule has 0 radical (unpaired) electrons. The van der Waals surface area contributed by atoms with Crippen LogP contribution in [0.5, 0.6) is 0 Å². The van der Waals surface area contributed by atoms with E-state index in [0.717, 1.165) is 12.8 Å². The number of hydrogen-bond donors (Lipinski definition) is 0. The van der Waals surface area contributed by atoms with Crippen molar-refractivity contribution < 1.29 is 0 Å². The molecule has 0 saturated heterocycles. The number of halogens is 1. The maximum atomic E-state index is 3.73. The molecule has 0 aliphatic heterocycles. The lowest BCUT2D eigenvalue weighted by atomic mass is 9.91. The van der Waals surface area contributed by atoms with Gasteiger partial charge in [-0.15, -0.1) is 11.8 Å². The van der Waals surface area contributed by atoms with Gasteiger partial charge in [-0.2, -0.15) is 0 Å². The van der Waals surface area contributed by atoms with Gasteiger partial charge in [0.2, 0.25) is 0 Å². The molecule has 0 aliphatic rings. The molecule has 2 aromatic carbocycles. The van der Waals surface area contributed by atoms with E-state index >= 15 is 0 Å². The third-order valence-corrected chi connectivity index (χ3v) is 5.67. The number of benzene rings is 2. The van der Waals surface area contributed by atoms with Gasteiger partial charge in [-0.1, -0.05) is 41.4 Å². The monoisotopic (exact) mass is 362 g/mol. The van der Waals surface area contributed by atoms with Gasteiger partial charge in [-0.25, -0.2) is 0 Å². The van der Waals surface area contributed by atoms with Crippen LogP contribution in [0, 0.1) is 13.8 Å². The largest absolute Gasteiger partial charge is 0.130 e. The number of thioether (sulfide) groups is 1. The highest BCUT2D eigenvalue weighted by Gasteiger charge is 2.11. The molecule has 21 heavy (non-hydrogen) atoms. The van der Waals surface area contributed by atoms with Gasteiger partial charge >= 0.3 is 0 Å². The van der Waals surface area contributed by atoms with Crippen LogP contribution in [0.25, 0.3) is 0 Å². The lowest BCUT2D eigenvalue weighted by Crippen LogP contribution is -2.01. The zero-order chi connectivity index (χ0) is 15.4. The Morgan fingerprint density at radius 3 is 2.29 bits per heavy atom. The molecule has 2 rings (SSSR count). The van der Waals surface area contributed by atoms with E-state index in [1.165, 1.54) is 43.6 Å². The van der Waals surface area contributed by atoms with Crippen LogP contribution in [-0.2, 0) is 12.8 Å². The fourth-order valence-electron chi connectivity index (χ4n) is 2.76. The molecular formula is C19H23BrS. The van der Waals surface area contributed by atoms with Gasteiger partial charge < -0.3 is 0 Å². The van der Waals surface area contributed by atoms with Gasteiger partial charge in [-0.05, 0) is 79.0 Å². The summed E-state index contributed by atoms with van der Waals surface area (Å²) in [6, 6.07) is 11.2. The molecule has 0 bridgehead atoms. The van der Waals surface area contributed by atoms with Crippen molar-refractivity contribution in [2.24, 2.45) is 0 Å². The summed E-state index contributed by atoms with van der Waals surface area (Å²) >= 11 is 5.53. The minimum absolute atomic E-state index is 1.01. The van der Waals surface area contributed by atoms with E-state index < -0.39 is 0 Å². The van der Waals surface area contributed by atoms with Crippen LogP contribution in [0.4, 0.5) is 0 Å². The van der Waals surface area contributed by atoms with Crippen molar-refractivity contribution >= 4 is 27.7 Å². The molecule has 0 atom stereocenters. The SMILES string of the molecule is CCCc1c(C)c(Br)cc(Cc2ccc(SC)cc2)c1C. The van der Waals surface area contributed by atoms with E-state index in [2.05, 4.69) is 73.3 Å². The highest BCUT2D eigenvalue weighted by Crippen LogP contribution is 2.29. The van der Waals surface area contributed by atoms with Crippen LogP contribution in [0.2, 0.25) is 0 Å². The van der Waals surface area contributed by atoms with Crippen LogP contribution in [0.15, 0.2) is 39.7 Å². The van der Waals surface area contributed by atoms with Crippen LogP contribution in [0.1, 0.15) is 41.2 Å². The van der Waals surface area contributed by atoms with E-state index in [1.807, 2.05) is 0 Å². The molecule has 0 fully saturated rings. The molecule has 0 spiro atoms. The smallest absolute Gasteiger partial charge is 0.0210 e. The Balaban J connectivity index is 2.34. The van der Waals surface area contributed by atoms with Crippen LogP contribution >= 0.6 is 27.7 Å². The van der Waals surface area contributed by atoms with Crippen LogP contribution in [0.3, 0.4) is 0 Å². The average molecular weight is 363 g/mol. The summed E-state index contributed by atoms with van der Waals surface area (Å²) in [6.45, 7) is 6.75. The normalized spacial score (nSPS) is 10.9. The highest BCUT2D eigenvalue weighted by molar-refractivity contribution is 9.10. The van der Waals surface area contributed by atoms with E-state index in [9.17, 15) is 0 Å². The quantitative estimate of drug-likeness (QED) is 0.559. The van der Waals surface area contributed by atoms with Crippen molar-refractivity contribution in [2.45, 2.75) is 44.9 Å². The maximum absolute atomic E-state index is 3.73. The first-order chi connectivity index (χ1) is 10.1. The molecule has 0 nitrogen and oxygen atoms in total. The molecule has 0 amide bonds. The van der Waals surface area contributed by atoms with Gasteiger partial charge in [0.15, 0.2) is 0 Å². The number of hydrogen-bond acceptors (Lipinski definition) is 1. The van der Waals surface area contributed by atoms with Crippen LogP contribution in [-0.4, -0.2) is 6.26 Å². The molecule has 0 aliphatic carbocycles.